The van der Waals surface area contributed by atoms with E-state index in [4.69, 9.17) is 10.5 Å². The second kappa shape index (κ2) is 13.4. The molecule has 2 aromatic carbocycles. The van der Waals surface area contributed by atoms with Gasteiger partial charge in [0, 0.05) is 11.6 Å². The van der Waals surface area contributed by atoms with Crippen molar-refractivity contribution in [3.8, 4) is 16.9 Å². The lowest BCUT2D eigenvalue weighted by Crippen LogP contribution is -2.37. The molecule has 0 radical (unpaired) electrons. The number of nitrogens with one attached hydrogen (secondary N) is 1. The minimum absolute atomic E-state index is 0.205. The minimum atomic E-state index is -0.471. The lowest BCUT2D eigenvalue weighted by Gasteiger charge is -2.22. The molecule has 0 bridgehead atoms. The predicted molar refractivity (Wildman–Crippen MR) is 119 cm³/mol. The fourth-order valence-corrected chi connectivity index (χ4v) is 3.14. The molecule has 158 valence electrons. The van der Waals surface area contributed by atoms with Gasteiger partial charge in [0.2, 0.25) is 5.91 Å². The van der Waals surface area contributed by atoms with Gasteiger partial charge in [-0.15, -0.1) is 0 Å². The third-order valence-electron chi connectivity index (χ3n) is 4.45. The average Bonchev–Trinajstić information content (AvgIpc) is 2.77. The van der Waals surface area contributed by atoms with Gasteiger partial charge >= 0.3 is 6.09 Å². The average molecular weight is 399 g/mol. The summed E-state index contributed by atoms with van der Waals surface area (Å²) in [5.41, 5.74) is 7.47. The summed E-state index contributed by atoms with van der Waals surface area (Å²) in [6, 6.07) is 14.5. The van der Waals surface area contributed by atoms with Crippen molar-refractivity contribution in [2.24, 2.45) is 5.73 Å². The SMILES string of the molecule is CC.CC.NC(=O)c1cccc(-c2cccc(OC(=O)NC3CCCCC3)c2)c1. The van der Waals surface area contributed by atoms with Crippen LogP contribution in [0.15, 0.2) is 48.5 Å². The molecule has 1 aliphatic carbocycles. The van der Waals surface area contributed by atoms with Gasteiger partial charge in [0.05, 0.1) is 0 Å². The van der Waals surface area contributed by atoms with Gasteiger partial charge in [-0.05, 0) is 48.2 Å². The van der Waals surface area contributed by atoms with Crippen molar-refractivity contribution in [1.29, 1.82) is 0 Å². The Hall–Kier alpha value is -2.82. The van der Waals surface area contributed by atoms with Crippen LogP contribution >= 0.6 is 0 Å². The number of hydrogen-bond acceptors (Lipinski definition) is 3. The second-order valence-electron chi connectivity index (χ2n) is 6.34. The molecule has 1 aliphatic rings. The van der Waals surface area contributed by atoms with Crippen LogP contribution < -0.4 is 15.8 Å². The maximum Gasteiger partial charge on any atom is 0.412 e. The first-order valence-corrected chi connectivity index (χ1v) is 10.6. The summed E-state index contributed by atoms with van der Waals surface area (Å²) < 4.78 is 5.42. The molecule has 0 spiro atoms. The van der Waals surface area contributed by atoms with Crippen molar-refractivity contribution < 1.29 is 14.3 Å². The van der Waals surface area contributed by atoms with Crippen molar-refractivity contribution in [3.63, 3.8) is 0 Å². The Bertz CT molecular complexity index is 768. The number of nitrogens with two attached hydrogens (primary N) is 1. The number of rotatable bonds is 4. The largest absolute Gasteiger partial charge is 0.412 e. The molecule has 1 fully saturated rings. The van der Waals surface area contributed by atoms with Crippen LogP contribution in [-0.4, -0.2) is 18.0 Å². The van der Waals surface area contributed by atoms with Crippen LogP contribution in [0.3, 0.4) is 0 Å². The fraction of sp³-hybridized carbons (Fsp3) is 0.417. The van der Waals surface area contributed by atoms with Crippen LogP contribution in [0, 0.1) is 0 Å². The molecule has 0 aromatic heterocycles. The molecule has 0 aliphatic heterocycles. The molecule has 0 heterocycles. The van der Waals surface area contributed by atoms with Crippen molar-refractivity contribution >= 4 is 12.0 Å². The Morgan fingerprint density at radius 3 is 2.10 bits per heavy atom. The van der Waals surface area contributed by atoms with Gasteiger partial charge in [-0.2, -0.15) is 0 Å². The van der Waals surface area contributed by atoms with E-state index in [1.807, 2.05) is 45.9 Å². The minimum Gasteiger partial charge on any atom is -0.410 e. The number of carbonyl (C=O) groups is 2. The normalized spacial score (nSPS) is 13.1. The first-order valence-electron chi connectivity index (χ1n) is 10.6. The van der Waals surface area contributed by atoms with Crippen molar-refractivity contribution in [2.45, 2.75) is 65.8 Å². The lowest BCUT2D eigenvalue weighted by molar-refractivity contribution is 0.1000. The van der Waals surface area contributed by atoms with Gasteiger partial charge in [0.15, 0.2) is 0 Å². The molecule has 2 amide bonds. The zero-order valence-corrected chi connectivity index (χ0v) is 18.0. The third-order valence-corrected chi connectivity index (χ3v) is 4.45. The molecular weight excluding hydrogens is 364 g/mol. The monoisotopic (exact) mass is 398 g/mol. The zero-order valence-electron chi connectivity index (χ0n) is 18.0. The molecular formula is C24H34N2O3. The van der Waals surface area contributed by atoms with E-state index in [1.54, 1.807) is 30.3 Å². The summed E-state index contributed by atoms with van der Waals surface area (Å²) in [5, 5.41) is 2.93. The molecule has 1 saturated carbocycles. The molecule has 0 saturated heterocycles. The van der Waals surface area contributed by atoms with Crippen molar-refractivity contribution in [1.82, 2.24) is 5.32 Å². The maximum atomic E-state index is 12.1. The van der Waals surface area contributed by atoms with Crippen LogP contribution in [-0.2, 0) is 0 Å². The van der Waals surface area contributed by atoms with Crippen molar-refractivity contribution in [3.05, 3.63) is 54.1 Å². The Morgan fingerprint density at radius 1 is 0.897 bits per heavy atom. The summed E-state index contributed by atoms with van der Waals surface area (Å²) in [6.07, 6.45) is 5.13. The Kier molecular flexibility index (Phi) is 11.2. The highest BCUT2D eigenvalue weighted by Crippen LogP contribution is 2.25. The van der Waals surface area contributed by atoms with Crippen LogP contribution in [0.4, 0.5) is 4.79 Å². The Labute approximate surface area is 174 Å². The molecule has 3 rings (SSSR count). The number of benzene rings is 2. The fourth-order valence-electron chi connectivity index (χ4n) is 3.14. The molecule has 0 unspecified atom stereocenters. The smallest absolute Gasteiger partial charge is 0.410 e. The highest BCUT2D eigenvalue weighted by atomic mass is 16.6. The van der Waals surface area contributed by atoms with E-state index in [0.717, 1.165) is 36.8 Å². The highest BCUT2D eigenvalue weighted by Gasteiger charge is 2.16. The van der Waals surface area contributed by atoms with Gasteiger partial charge in [-0.1, -0.05) is 71.2 Å². The summed E-state index contributed by atoms with van der Waals surface area (Å²) in [5.74, 6) is -0.00333. The molecule has 29 heavy (non-hydrogen) atoms. The number of primary amides is 1. The van der Waals surface area contributed by atoms with Crippen LogP contribution in [0.2, 0.25) is 0 Å². The summed E-state index contributed by atoms with van der Waals surface area (Å²) >= 11 is 0. The first-order chi connectivity index (χ1) is 14.1. The molecule has 2 aromatic rings. The van der Waals surface area contributed by atoms with E-state index >= 15 is 0 Å². The number of amides is 2. The highest BCUT2D eigenvalue weighted by molar-refractivity contribution is 5.94. The summed E-state index contributed by atoms with van der Waals surface area (Å²) in [4.78, 5) is 23.4. The standard InChI is InChI=1S/C20H22N2O3.2C2H6/c21-19(23)16-8-4-6-14(12-16)15-7-5-11-18(13-15)25-20(24)22-17-9-2-1-3-10-17;2*1-2/h4-8,11-13,17H,1-3,9-10H2,(H2,21,23)(H,22,24);2*1-2H3. The number of ether oxygens (including phenoxy) is 1. The summed E-state index contributed by atoms with van der Waals surface area (Å²) in [6.45, 7) is 8.00. The van der Waals surface area contributed by atoms with Crippen LogP contribution in [0.25, 0.3) is 11.1 Å². The number of hydrogen-bond donors (Lipinski definition) is 2. The van der Waals surface area contributed by atoms with Crippen LogP contribution in [0.1, 0.15) is 70.2 Å². The molecule has 0 atom stereocenters. The van der Waals surface area contributed by atoms with Crippen LogP contribution in [0.5, 0.6) is 5.75 Å². The van der Waals surface area contributed by atoms with Gasteiger partial charge in [-0.25, -0.2) is 4.79 Å². The van der Waals surface area contributed by atoms with E-state index in [1.165, 1.54) is 6.42 Å². The van der Waals surface area contributed by atoms with E-state index < -0.39 is 12.0 Å². The molecule has 5 heteroatoms. The molecule has 3 N–H and O–H groups in total. The van der Waals surface area contributed by atoms with E-state index in [-0.39, 0.29) is 6.04 Å². The maximum absolute atomic E-state index is 12.1. The first kappa shape index (κ1) is 24.2. The van der Waals surface area contributed by atoms with E-state index in [2.05, 4.69) is 5.32 Å². The van der Waals surface area contributed by atoms with E-state index in [0.29, 0.717) is 11.3 Å². The predicted octanol–water partition coefficient (Wildman–Crippen LogP) is 5.93. The van der Waals surface area contributed by atoms with Gasteiger partial charge in [-0.3, -0.25) is 4.79 Å². The van der Waals surface area contributed by atoms with Gasteiger partial charge < -0.3 is 15.8 Å². The molecule has 5 nitrogen and oxygen atoms in total. The zero-order chi connectivity index (χ0) is 21.6. The second-order valence-corrected chi connectivity index (χ2v) is 6.34. The van der Waals surface area contributed by atoms with E-state index in [9.17, 15) is 9.59 Å². The summed E-state index contributed by atoms with van der Waals surface area (Å²) in [7, 11) is 0. The quantitative estimate of drug-likeness (QED) is 0.670. The van der Waals surface area contributed by atoms with Crippen molar-refractivity contribution in [2.75, 3.05) is 0 Å². The number of carbonyl (C=O) groups excluding carboxylic acids is 2. The Morgan fingerprint density at radius 2 is 1.48 bits per heavy atom. The Balaban J connectivity index is 0.000000989. The lowest BCUT2D eigenvalue weighted by atomic mass is 9.96. The van der Waals surface area contributed by atoms with Gasteiger partial charge in [0.1, 0.15) is 5.75 Å². The topological polar surface area (TPSA) is 81.4 Å². The third kappa shape index (κ3) is 7.98. The van der Waals surface area contributed by atoms with Gasteiger partial charge in [0.25, 0.3) is 0 Å².